The maximum absolute atomic E-state index is 13.5. The van der Waals surface area contributed by atoms with Crippen LogP contribution in [0.3, 0.4) is 0 Å². The van der Waals surface area contributed by atoms with Gasteiger partial charge in [-0.2, -0.15) is 0 Å². The summed E-state index contributed by atoms with van der Waals surface area (Å²) in [6.07, 6.45) is 0.416. The molecular weight excluding hydrogens is 352 g/mol. The van der Waals surface area contributed by atoms with Crippen LogP contribution in [0.25, 0.3) is 0 Å². The zero-order valence-electron chi connectivity index (χ0n) is 12.8. The summed E-state index contributed by atoms with van der Waals surface area (Å²) in [5.41, 5.74) is 5.36. The van der Waals surface area contributed by atoms with Gasteiger partial charge in [0.2, 0.25) is 5.91 Å². The van der Waals surface area contributed by atoms with E-state index in [2.05, 4.69) is 16.2 Å². The Hall–Kier alpha value is -2.94. The first-order chi connectivity index (χ1) is 11.8. The molecule has 0 heterocycles. The first-order valence-corrected chi connectivity index (χ1v) is 7.57. The molecule has 6 nitrogen and oxygen atoms in total. The summed E-state index contributed by atoms with van der Waals surface area (Å²) in [7, 11) is 0. The number of halogens is 2. The number of rotatable bonds is 4. The van der Waals surface area contributed by atoms with Crippen molar-refractivity contribution in [3.63, 3.8) is 0 Å². The van der Waals surface area contributed by atoms with Crippen molar-refractivity contribution in [2.24, 2.45) is 0 Å². The lowest BCUT2D eigenvalue weighted by Gasteiger charge is -2.12. The van der Waals surface area contributed by atoms with E-state index < -0.39 is 17.5 Å². The second kappa shape index (κ2) is 8.25. The minimum Gasteiger partial charge on any atom is -0.504 e. The van der Waals surface area contributed by atoms with E-state index in [1.807, 2.05) is 0 Å². The molecule has 0 aliphatic carbocycles. The van der Waals surface area contributed by atoms with Gasteiger partial charge in [0.05, 0.1) is 5.69 Å². The first-order valence-electron chi connectivity index (χ1n) is 7.17. The van der Waals surface area contributed by atoms with Gasteiger partial charge < -0.3 is 15.5 Å². The Morgan fingerprint density at radius 3 is 2.48 bits per heavy atom. The van der Waals surface area contributed by atoms with E-state index in [4.69, 9.17) is 12.2 Å². The molecule has 0 fully saturated rings. The van der Waals surface area contributed by atoms with E-state index in [1.165, 1.54) is 18.2 Å². The molecule has 9 heteroatoms. The van der Waals surface area contributed by atoms with Crippen LogP contribution in [0.1, 0.15) is 12.0 Å². The number of hydrazine groups is 1. The third-order valence-electron chi connectivity index (χ3n) is 3.18. The summed E-state index contributed by atoms with van der Waals surface area (Å²) in [4.78, 5) is 11.7. The minimum atomic E-state index is -0.817. The third kappa shape index (κ3) is 5.57. The number of amides is 1. The van der Waals surface area contributed by atoms with Gasteiger partial charge in [0.25, 0.3) is 0 Å². The number of aromatic hydroxyl groups is 2. The number of hydrogen-bond donors (Lipinski definition) is 5. The van der Waals surface area contributed by atoms with Crippen LogP contribution in [-0.4, -0.2) is 21.2 Å². The predicted octanol–water partition coefficient (Wildman–Crippen LogP) is 2.33. The molecule has 132 valence electrons. The number of phenolic OH excluding ortho intramolecular Hbond substituents is 2. The summed E-state index contributed by atoms with van der Waals surface area (Å²) >= 11 is 4.90. The van der Waals surface area contributed by atoms with E-state index in [9.17, 15) is 23.8 Å². The SMILES string of the molecule is O=C(CCc1ccc(O)c(O)c1)NNC(=S)Nc1ccc(F)cc1F. The monoisotopic (exact) mass is 367 g/mol. The molecule has 0 spiro atoms. The minimum absolute atomic E-state index is 0.0345. The molecule has 5 N–H and O–H groups in total. The van der Waals surface area contributed by atoms with Crippen molar-refractivity contribution in [1.82, 2.24) is 10.9 Å². The number of anilines is 1. The summed E-state index contributed by atoms with van der Waals surface area (Å²) in [6, 6.07) is 7.23. The number of carbonyl (C=O) groups excluding carboxylic acids is 1. The predicted molar refractivity (Wildman–Crippen MR) is 91.9 cm³/mol. The number of benzene rings is 2. The van der Waals surface area contributed by atoms with Gasteiger partial charge in [-0.15, -0.1) is 0 Å². The zero-order valence-corrected chi connectivity index (χ0v) is 13.7. The smallest absolute Gasteiger partial charge is 0.238 e. The lowest BCUT2D eigenvalue weighted by Crippen LogP contribution is -2.43. The van der Waals surface area contributed by atoms with E-state index in [-0.39, 0.29) is 28.7 Å². The van der Waals surface area contributed by atoms with Gasteiger partial charge in [-0.1, -0.05) is 6.07 Å². The second-order valence-electron chi connectivity index (χ2n) is 5.07. The van der Waals surface area contributed by atoms with Crippen LogP contribution in [-0.2, 0) is 11.2 Å². The van der Waals surface area contributed by atoms with Crippen molar-refractivity contribution in [3.8, 4) is 11.5 Å². The summed E-state index contributed by atoms with van der Waals surface area (Å²) in [5, 5.41) is 21.0. The number of aryl methyl sites for hydroxylation is 1. The summed E-state index contributed by atoms with van der Waals surface area (Å²) < 4.78 is 26.3. The van der Waals surface area contributed by atoms with Crippen LogP contribution in [0, 0.1) is 11.6 Å². The van der Waals surface area contributed by atoms with E-state index >= 15 is 0 Å². The Morgan fingerprint density at radius 1 is 1.04 bits per heavy atom. The molecule has 0 bridgehead atoms. The summed E-state index contributed by atoms with van der Waals surface area (Å²) in [5.74, 6) is -2.42. The van der Waals surface area contributed by atoms with Crippen molar-refractivity contribution >= 4 is 28.9 Å². The normalized spacial score (nSPS) is 10.2. The summed E-state index contributed by atoms with van der Waals surface area (Å²) in [6.45, 7) is 0. The van der Waals surface area contributed by atoms with Crippen LogP contribution in [0.5, 0.6) is 11.5 Å². The van der Waals surface area contributed by atoms with Crippen LogP contribution in [0.2, 0.25) is 0 Å². The number of hydrogen-bond acceptors (Lipinski definition) is 4. The van der Waals surface area contributed by atoms with Crippen molar-refractivity contribution in [3.05, 3.63) is 53.6 Å². The Morgan fingerprint density at radius 2 is 1.80 bits per heavy atom. The zero-order chi connectivity index (χ0) is 18.4. The first kappa shape index (κ1) is 18.4. The van der Waals surface area contributed by atoms with Crippen LogP contribution in [0.15, 0.2) is 36.4 Å². The fraction of sp³-hybridized carbons (Fsp3) is 0.125. The fourth-order valence-electron chi connectivity index (χ4n) is 1.92. The third-order valence-corrected chi connectivity index (χ3v) is 3.38. The number of phenols is 2. The highest BCUT2D eigenvalue weighted by Gasteiger charge is 2.08. The lowest BCUT2D eigenvalue weighted by atomic mass is 10.1. The topological polar surface area (TPSA) is 93.6 Å². The van der Waals surface area contributed by atoms with E-state index in [1.54, 1.807) is 6.07 Å². The average molecular weight is 367 g/mol. The molecule has 0 aliphatic heterocycles. The quantitative estimate of drug-likeness (QED) is 0.324. The van der Waals surface area contributed by atoms with Crippen LogP contribution < -0.4 is 16.2 Å². The van der Waals surface area contributed by atoms with Crippen molar-refractivity contribution < 1.29 is 23.8 Å². The fourth-order valence-corrected chi connectivity index (χ4v) is 2.08. The number of carbonyl (C=O) groups is 1. The van der Waals surface area contributed by atoms with Gasteiger partial charge >= 0.3 is 0 Å². The molecule has 0 aliphatic rings. The molecule has 0 aromatic heterocycles. The molecule has 2 aromatic carbocycles. The van der Waals surface area contributed by atoms with Crippen molar-refractivity contribution in [2.75, 3.05) is 5.32 Å². The Labute approximate surface area is 147 Å². The van der Waals surface area contributed by atoms with Crippen LogP contribution in [0.4, 0.5) is 14.5 Å². The van der Waals surface area contributed by atoms with E-state index in [0.29, 0.717) is 18.1 Å². The highest BCUT2D eigenvalue weighted by atomic mass is 32.1. The van der Waals surface area contributed by atoms with Gasteiger partial charge in [-0.05, 0) is 48.5 Å². The molecule has 0 saturated heterocycles. The molecule has 0 atom stereocenters. The largest absolute Gasteiger partial charge is 0.504 e. The van der Waals surface area contributed by atoms with Gasteiger partial charge in [-0.25, -0.2) is 8.78 Å². The Kier molecular flexibility index (Phi) is 6.07. The Balaban J connectivity index is 1.77. The van der Waals surface area contributed by atoms with Gasteiger partial charge in [0, 0.05) is 12.5 Å². The highest BCUT2D eigenvalue weighted by Crippen LogP contribution is 2.25. The lowest BCUT2D eigenvalue weighted by molar-refractivity contribution is -0.121. The molecular formula is C16H15F2N3O3S. The number of thiocarbonyl (C=S) groups is 1. The Bertz CT molecular complexity index is 802. The maximum Gasteiger partial charge on any atom is 0.238 e. The molecule has 25 heavy (non-hydrogen) atoms. The molecule has 0 unspecified atom stereocenters. The maximum atomic E-state index is 13.5. The van der Waals surface area contributed by atoms with Gasteiger partial charge in [0.1, 0.15) is 11.6 Å². The van der Waals surface area contributed by atoms with Gasteiger partial charge in [0.15, 0.2) is 16.6 Å². The van der Waals surface area contributed by atoms with Crippen molar-refractivity contribution in [2.45, 2.75) is 12.8 Å². The standard InChI is InChI=1S/C16H15F2N3O3S/c17-10-3-4-12(11(18)8-10)19-16(25)21-20-15(24)6-2-9-1-5-13(22)14(23)7-9/h1,3-5,7-8,22-23H,2,6H2,(H,20,24)(H2,19,21,25). The molecule has 2 aromatic rings. The van der Waals surface area contributed by atoms with Crippen LogP contribution >= 0.6 is 12.2 Å². The molecule has 0 saturated carbocycles. The number of nitrogens with one attached hydrogen (secondary N) is 3. The van der Waals surface area contributed by atoms with Crippen molar-refractivity contribution in [1.29, 1.82) is 0 Å². The molecule has 0 radical (unpaired) electrons. The molecule has 1 amide bonds. The average Bonchev–Trinajstić information content (AvgIpc) is 2.56. The van der Waals surface area contributed by atoms with E-state index in [0.717, 1.165) is 6.07 Å². The van der Waals surface area contributed by atoms with Gasteiger partial charge in [-0.3, -0.25) is 15.6 Å². The highest BCUT2D eigenvalue weighted by molar-refractivity contribution is 7.80. The molecule has 2 rings (SSSR count). The second-order valence-corrected chi connectivity index (χ2v) is 5.48.